The lowest BCUT2D eigenvalue weighted by Crippen LogP contribution is -2.11. The number of hydrogen-bond donors (Lipinski definition) is 0. The second-order valence-electron chi connectivity index (χ2n) is 6.37. The average molecular weight is 425 g/mol. The van der Waals surface area contributed by atoms with Crippen LogP contribution in [0.5, 0.6) is 11.5 Å². The predicted molar refractivity (Wildman–Crippen MR) is 112 cm³/mol. The summed E-state index contributed by atoms with van der Waals surface area (Å²) in [4.78, 5) is 24.8. The van der Waals surface area contributed by atoms with Crippen LogP contribution in [0.25, 0.3) is 6.08 Å². The van der Waals surface area contributed by atoms with Crippen molar-refractivity contribution in [1.82, 2.24) is 0 Å². The number of carbonyl (C=O) groups excluding carboxylic acids is 2. The topological polar surface area (TPSA) is 52.6 Å². The highest BCUT2D eigenvalue weighted by atomic mass is 35.5. The van der Waals surface area contributed by atoms with Gasteiger partial charge in [-0.3, -0.25) is 9.59 Å². The summed E-state index contributed by atoms with van der Waals surface area (Å²) >= 11 is 11.7. The van der Waals surface area contributed by atoms with Crippen LogP contribution < -0.4 is 9.47 Å². The van der Waals surface area contributed by atoms with Crippen LogP contribution in [-0.4, -0.2) is 18.2 Å². The van der Waals surface area contributed by atoms with E-state index in [9.17, 15) is 9.59 Å². The Balaban J connectivity index is 1.46. The number of Topliss-reactive ketones (excluding diaryl/α,β-unsaturated/α-hetero) is 2. The molecule has 0 saturated heterocycles. The van der Waals surface area contributed by atoms with Crippen LogP contribution in [0.4, 0.5) is 0 Å². The molecule has 0 unspecified atom stereocenters. The molecule has 0 atom stereocenters. The predicted octanol–water partition coefficient (Wildman–Crippen LogP) is 5.87. The fourth-order valence-electron chi connectivity index (χ4n) is 2.84. The van der Waals surface area contributed by atoms with E-state index in [1.54, 1.807) is 72.8 Å². The quantitative estimate of drug-likeness (QED) is 0.379. The maximum Gasteiger partial charge on any atom is 0.231 e. The minimum atomic E-state index is -0.209. The van der Waals surface area contributed by atoms with E-state index < -0.39 is 0 Å². The molecule has 1 aliphatic heterocycles. The second kappa shape index (κ2) is 8.11. The summed E-state index contributed by atoms with van der Waals surface area (Å²) in [6.45, 7) is -0.137. The van der Waals surface area contributed by atoms with E-state index in [-0.39, 0.29) is 23.9 Å². The molecule has 6 heteroatoms. The van der Waals surface area contributed by atoms with Gasteiger partial charge in [-0.1, -0.05) is 35.3 Å². The molecule has 4 rings (SSSR count). The third kappa shape index (κ3) is 4.34. The average Bonchev–Trinajstić information content (AvgIpc) is 3.03. The Kier molecular flexibility index (Phi) is 5.38. The first-order valence-electron chi connectivity index (χ1n) is 8.75. The standard InChI is InChI=1S/C23H14Cl2O4/c24-16-5-1-14(2-6-16)11-22-23(27)19-10-9-18(12-21(19)29-22)28-13-20(26)15-3-7-17(25)8-4-15/h1-12H,13H2. The van der Waals surface area contributed by atoms with E-state index in [2.05, 4.69) is 0 Å². The molecule has 0 bridgehead atoms. The summed E-state index contributed by atoms with van der Waals surface area (Å²) in [5, 5.41) is 1.18. The van der Waals surface area contributed by atoms with Gasteiger partial charge in [0.25, 0.3) is 0 Å². The van der Waals surface area contributed by atoms with E-state index in [4.69, 9.17) is 32.7 Å². The second-order valence-corrected chi connectivity index (χ2v) is 7.24. The number of benzene rings is 3. The summed E-state index contributed by atoms with van der Waals surface area (Å²) in [6.07, 6.45) is 1.66. The Morgan fingerprint density at radius 2 is 1.59 bits per heavy atom. The Morgan fingerprint density at radius 3 is 2.28 bits per heavy atom. The number of hydrogen-bond acceptors (Lipinski definition) is 4. The SMILES string of the molecule is O=C(COc1ccc2c(c1)OC(=Cc1ccc(Cl)cc1)C2=O)c1ccc(Cl)cc1. The Labute approximate surface area is 177 Å². The molecule has 0 spiro atoms. The molecule has 29 heavy (non-hydrogen) atoms. The molecule has 1 aliphatic rings. The van der Waals surface area contributed by atoms with Crippen molar-refractivity contribution in [2.24, 2.45) is 0 Å². The van der Waals surface area contributed by atoms with Crippen LogP contribution in [0.2, 0.25) is 10.0 Å². The van der Waals surface area contributed by atoms with E-state index in [1.807, 2.05) is 0 Å². The zero-order chi connectivity index (χ0) is 20.4. The van der Waals surface area contributed by atoms with E-state index in [0.717, 1.165) is 5.56 Å². The van der Waals surface area contributed by atoms with Crippen LogP contribution in [0, 0.1) is 0 Å². The minimum Gasteiger partial charge on any atom is -0.485 e. The van der Waals surface area contributed by atoms with Gasteiger partial charge in [0.2, 0.25) is 5.78 Å². The van der Waals surface area contributed by atoms with Crippen molar-refractivity contribution in [2.45, 2.75) is 0 Å². The summed E-state index contributed by atoms with van der Waals surface area (Å²) in [6, 6.07) is 18.5. The molecule has 0 saturated carbocycles. The zero-order valence-electron chi connectivity index (χ0n) is 15.0. The van der Waals surface area contributed by atoms with Gasteiger partial charge in [0.15, 0.2) is 18.1 Å². The van der Waals surface area contributed by atoms with Crippen LogP contribution in [0.3, 0.4) is 0 Å². The summed E-state index contributed by atoms with van der Waals surface area (Å²) in [7, 11) is 0. The maximum atomic E-state index is 12.5. The van der Waals surface area contributed by atoms with Crippen molar-refractivity contribution in [3.05, 3.63) is 99.2 Å². The van der Waals surface area contributed by atoms with Gasteiger partial charge in [0, 0.05) is 21.7 Å². The van der Waals surface area contributed by atoms with Gasteiger partial charge in [0.05, 0.1) is 5.56 Å². The Hall–Kier alpha value is -3.08. The number of ether oxygens (including phenoxy) is 2. The van der Waals surface area contributed by atoms with Gasteiger partial charge < -0.3 is 9.47 Å². The van der Waals surface area contributed by atoms with E-state index >= 15 is 0 Å². The number of carbonyl (C=O) groups is 2. The smallest absolute Gasteiger partial charge is 0.231 e. The minimum absolute atomic E-state index is 0.137. The molecule has 4 nitrogen and oxygen atoms in total. The Morgan fingerprint density at radius 1 is 0.931 bits per heavy atom. The molecule has 1 heterocycles. The number of halogens is 2. The molecule has 0 aliphatic carbocycles. The number of rotatable bonds is 5. The lowest BCUT2D eigenvalue weighted by molar-refractivity contribution is 0.0921. The molecule has 0 amide bonds. The van der Waals surface area contributed by atoms with Crippen molar-refractivity contribution in [2.75, 3.05) is 6.61 Å². The molecule has 144 valence electrons. The molecule has 3 aromatic rings. The molecule has 0 fully saturated rings. The third-order valence-corrected chi connectivity index (χ3v) is 4.85. The lowest BCUT2D eigenvalue weighted by atomic mass is 10.1. The first-order chi connectivity index (χ1) is 14.0. The van der Waals surface area contributed by atoms with Crippen molar-refractivity contribution >= 4 is 40.8 Å². The fraction of sp³-hybridized carbons (Fsp3) is 0.0435. The van der Waals surface area contributed by atoms with Gasteiger partial charge in [-0.05, 0) is 60.2 Å². The summed E-state index contributed by atoms with van der Waals surface area (Å²) in [5.74, 6) is 0.663. The zero-order valence-corrected chi connectivity index (χ0v) is 16.5. The van der Waals surface area contributed by atoms with Gasteiger partial charge in [-0.25, -0.2) is 0 Å². The number of ketones is 2. The summed E-state index contributed by atoms with van der Waals surface area (Å²) in [5.41, 5.74) is 1.76. The molecule has 0 N–H and O–H groups in total. The molecule has 0 aromatic heterocycles. The van der Waals surface area contributed by atoms with Crippen molar-refractivity contribution in [1.29, 1.82) is 0 Å². The first-order valence-corrected chi connectivity index (χ1v) is 9.50. The number of fused-ring (bicyclic) bond motifs is 1. The fourth-order valence-corrected chi connectivity index (χ4v) is 3.09. The van der Waals surface area contributed by atoms with Gasteiger partial charge in [-0.2, -0.15) is 0 Å². The highest BCUT2D eigenvalue weighted by molar-refractivity contribution is 6.31. The van der Waals surface area contributed by atoms with Crippen molar-refractivity contribution in [3.8, 4) is 11.5 Å². The van der Waals surface area contributed by atoms with E-state index in [0.29, 0.717) is 32.7 Å². The Bertz CT molecular complexity index is 1120. The molecule has 3 aromatic carbocycles. The first kappa shape index (κ1) is 19.2. The van der Waals surface area contributed by atoms with Gasteiger partial charge in [0.1, 0.15) is 11.5 Å². The summed E-state index contributed by atoms with van der Waals surface area (Å²) < 4.78 is 11.3. The highest BCUT2D eigenvalue weighted by Crippen LogP contribution is 2.35. The normalized spacial score (nSPS) is 13.9. The van der Waals surface area contributed by atoms with Crippen LogP contribution in [0.1, 0.15) is 26.3 Å². The largest absolute Gasteiger partial charge is 0.485 e. The highest BCUT2D eigenvalue weighted by Gasteiger charge is 2.27. The van der Waals surface area contributed by atoms with Gasteiger partial charge in [-0.15, -0.1) is 0 Å². The third-order valence-electron chi connectivity index (χ3n) is 4.35. The van der Waals surface area contributed by atoms with Crippen LogP contribution in [0.15, 0.2) is 72.5 Å². The monoisotopic (exact) mass is 424 g/mol. The maximum absolute atomic E-state index is 12.5. The van der Waals surface area contributed by atoms with Crippen LogP contribution >= 0.6 is 23.2 Å². The lowest BCUT2D eigenvalue weighted by Gasteiger charge is -2.07. The van der Waals surface area contributed by atoms with Crippen molar-refractivity contribution < 1.29 is 19.1 Å². The van der Waals surface area contributed by atoms with Crippen molar-refractivity contribution in [3.63, 3.8) is 0 Å². The number of allylic oxidation sites excluding steroid dienone is 1. The van der Waals surface area contributed by atoms with Gasteiger partial charge >= 0.3 is 0 Å². The molecular weight excluding hydrogens is 411 g/mol. The van der Waals surface area contributed by atoms with E-state index in [1.165, 1.54) is 0 Å². The molecular formula is C23H14Cl2O4. The van der Waals surface area contributed by atoms with Crippen LogP contribution in [-0.2, 0) is 0 Å². The molecule has 0 radical (unpaired) electrons.